The number of aliphatic hydroxyl groups excluding tert-OH is 1. The fourth-order valence-electron chi connectivity index (χ4n) is 3.68. The standard InChI is InChI=1S/C32H38FNO9S/c1-6-29(43-24(4)26-11-13-28(33)14-12-26)19-23(3)34(44(5,38)39)15-16-40-17-18-41-22-25-9-8-10-27(20-25)30(35)21-31(36)32(37)42-7-2/h8-14,19-21,36H,3-4,6-7,15-18,22H2,1-2,5H3/b29-19+,31-21-. The normalized spacial score (nSPS) is 12.0. The lowest BCUT2D eigenvalue weighted by atomic mass is 10.1. The highest BCUT2D eigenvalue weighted by atomic mass is 32.2. The number of esters is 1. The molecule has 2 aromatic carbocycles. The molecule has 0 heterocycles. The number of rotatable bonds is 19. The summed E-state index contributed by atoms with van der Waals surface area (Å²) >= 11 is 0. The van der Waals surface area contributed by atoms with Gasteiger partial charge in [0.05, 0.1) is 45.8 Å². The molecule has 0 amide bonds. The Balaban J connectivity index is 1.84. The van der Waals surface area contributed by atoms with Gasteiger partial charge in [0, 0.05) is 35.4 Å². The minimum atomic E-state index is -3.68. The zero-order valence-electron chi connectivity index (χ0n) is 25.1. The van der Waals surface area contributed by atoms with Gasteiger partial charge in [0.25, 0.3) is 0 Å². The first-order valence-corrected chi connectivity index (χ1v) is 15.6. The van der Waals surface area contributed by atoms with Crippen molar-refractivity contribution in [3.05, 3.63) is 114 Å². The first-order valence-electron chi connectivity index (χ1n) is 13.7. The Morgan fingerprint density at radius 3 is 2.30 bits per heavy atom. The number of carbonyl (C=O) groups excluding carboxylic acids is 2. The van der Waals surface area contributed by atoms with E-state index < -0.39 is 27.5 Å². The predicted octanol–water partition coefficient (Wildman–Crippen LogP) is 5.30. The maximum absolute atomic E-state index is 13.2. The lowest BCUT2D eigenvalue weighted by Crippen LogP contribution is -2.32. The molecule has 1 N–H and O–H groups in total. The molecular weight excluding hydrogens is 593 g/mol. The number of nitrogens with zero attached hydrogens (tertiary/aromatic N) is 1. The van der Waals surface area contributed by atoms with Crippen LogP contribution in [0.1, 0.15) is 41.8 Å². The summed E-state index contributed by atoms with van der Waals surface area (Å²) in [5.74, 6) is -2.01. The summed E-state index contributed by atoms with van der Waals surface area (Å²) in [7, 11) is -3.68. The van der Waals surface area contributed by atoms with E-state index in [-0.39, 0.29) is 62.4 Å². The lowest BCUT2D eigenvalue weighted by molar-refractivity contribution is -0.141. The minimum absolute atomic E-state index is 0.000385. The quantitative estimate of drug-likeness (QED) is 0.0548. The summed E-state index contributed by atoms with van der Waals surface area (Å²) in [6.45, 7) is 11.8. The van der Waals surface area contributed by atoms with Crippen LogP contribution in [-0.4, -0.2) is 68.8 Å². The highest BCUT2D eigenvalue weighted by Crippen LogP contribution is 2.22. The molecule has 0 fully saturated rings. The van der Waals surface area contributed by atoms with E-state index in [1.807, 2.05) is 6.92 Å². The molecule has 12 heteroatoms. The number of carbonyl (C=O) groups is 2. The molecule has 0 radical (unpaired) electrons. The second-order valence-corrected chi connectivity index (χ2v) is 11.2. The predicted molar refractivity (Wildman–Crippen MR) is 164 cm³/mol. The van der Waals surface area contributed by atoms with Crippen LogP contribution in [0.3, 0.4) is 0 Å². The average Bonchev–Trinajstić information content (AvgIpc) is 2.97. The summed E-state index contributed by atoms with van der Waals surface area (Å²) in [5, 5.41) is 9.70. The van der Waals surface area contributed by atoms with Crippen LogP contribution in [0.15, 0.2) is 91.1 Å². The fraction of sp³-hybridized carbons (Fsp3) is 0.312. The van der Waals surface area contributed by atoms with Crippen LogP contribution in [0.2, 0.25) is 0 Å². The summed E-state index contributed by atoms with van der Waals surface area (Å²) in [6.07, 6.45) is 3.79. The Labute approximate surface area is 257 Å². The molecule has 0 aromatic heterocycles. The Hall–Kier alpha value is -4.26. The highest BCUT2D eigenvalue weighted by Gasteiger charge is 2.18. The van der Waals surface area contributed by atoms with Gasteiger partial charge in [0.2, 0.25) is 15.8 Å². The van der Waals surface area contributed by atoms with E-state index in [2.05, 4.69) is 17.9 Å². The third kappa shape index (κ3) is 12.2. The largest absolute Gasteiger partial charge is 0.502 e. The Bertz CT molecular complexity index is 1480. The van der Waals surface area contributed by atoms with Gasteiger partial charge in [0.15, 0.2) is 5.78 Å². The molecule has 0 saturated carbocycles. The molecule has 10 nitrogen and oxygen atoms in total. The van der Waals surface area contributed by atoms with E-state index in [1.54, 1.807) is 25.1 Å². The molecular formula is C32H38FNO9S. The smallest absolute Gasteiger partial charge is 0.373 e. The summed E-state index contributed by atoms with van der Waals surface area (Å²) in [6, 6.07) is 12.1. The third-order valence-corrected chi connectivity index (χ3v) is 7.08. The maximum Gasteiger partial charge on any atom is 0.373 e. The minimum Gasteiger partial charge on any atom is -0.502 e. The topological polar surface area (TPSA) is 129 Å². The average molecular weight is 632 g/mol. The van der Waals surface area contributed by atoms with Gasteiger partial charge in [-0.25, -0.2) is 17.6 Å². The van der Waals surface area contributed by atoms with Gasteiger partial charge >= 0.3 is 5.97 Å². The monoisotopic (exact) mass is 631 g/mol. The first-order chi connectivity index (χ1) is 20.8. The summed E-state index contributed by atoms with van der Waals surface area (Å²) in [4.78, 5) is 23.9. The van der Waals surface area contributed by atoms with Gasteiger partial charge in [-0.05, 0) is 42.8 Å². The number of halogens is 1. The van der Waals surface area contributed by atoms with Gasteiger partial charge in [0.1, 0.15) is 17.3 Å². The Kier molecular flexibility index (Phi) is 14.5. The van der Waals surface area contributed by atoms with Crippen molar-refractivity contribution in [3.8, 4) is 0 Å². The SMILES string of the molecule is C=C(O/C(=C/C(=C)N(CCOCCOCc1cccc(C(=O)/C=C(\O)C(=O)OCC)c1)S(C)(=O)=O)CC)c1ccc(F)cc1. The van der Waals surface area contributed by atoms with Crippen molar-refractivity contribution in [2.24, 2.45) is 0 Å². The molecule has 0 atom stereocenters. The van der Waals surface area contributed by atoms with Crippen molar-refractivity contribution >= 4 is 27.5 Å². The summed E-state index contributed by atoms with van der Waals surface area (Å²) in [5.41, 5.74) is 1.69. The molecule has 0 unspecified atom stereocenters. The van der Waals surface area contributed by atoms with Gasteiger partial charge < -0.3 is 24.1 Å². The number of ether oxygens (including phenoxy) is 4. The van der Waals surface area contributed by atoms with Crippen LogP contribution in [-0.2, 0) is 40.4 Å². The maximum atomic E-state index is 13.2. The van der Waals surface area contributed by atoms with Gasteiger partial charge in [-0.15, -0.1) is 0 Å². The fourth-order valence-corrected chi connectivity index (χ4v) is 4.57. The molecule has 0 bridgehead atoms. The van der Waals surface area contributed by atoms with Crippen molar-refractivity contribution in [2.75, 3.05) is 39.2 Å². The highest BCUT2D eigenvalue weighted by molar-refractivity contribution is 7.88. The molecule has 0 spiro atoms. The number of ketones is 1. The number of sulfonamides is 1. The second kappa shape index (κ2) is 17.8. The van der Waals surface area contributed by atoms with Gasteiger partial charge in [-0.1, -0.05) is 38.3 Å². The molecule has 2 rings (SSSR count). The molecule has 0 aliphatic heterocycles. The molecule has 2 aromatic rings. The van der Waals surface area contributed by atoms with E-state index in [4.69, 9.17) is 14.2 Å². The second-order valence-electron chi connectivity index (χ2n) is 9.30. The number of benzene rings is 2. The molecule has 0 aliphatic carbocycles. The van der Waals surface area contributed by atoms with E-state index in [1.165, 1.54) is 36.4 Å². The Morgan fingerprint density at radius 1 is 0.977 bits per heavy atom. The van der Waals surface area contributed by atoms with Gasteiger partial charge in [-0.3, -0.25) is 9.10 Å². The van der Waals surface area contributed by atoms with Crippen LogP contribution in [0.4, 0.5) is 4.39 Å². The number of aliphatic hydroxyl groups is 1. The zero-order valence-corrected chi connectivity index (χ0v) is 25.9. The number of allylic oxidation sites excluding steroid dienone is 3. The van der Waals surface area contributed by atoms with E-state index in [0.29, 0.717) is 23.3 Å². The lowest BCUT2D eigenvalue weighted by Gasteiger charge is -2.23. The zero-order chi connectivity index (χ0) is 32.7. The van der Waals surface area contributed by atoms with Crippen molar-refractivity contribution in [3.63, 3.8) is 0 Å². The van der Waals surface area contributed by atoms with Crippen LogP contribution in [0, 0.1) is 5.82 Å². The van der Waals surface area contributed by atoms with E-state index in [9.17, 15) is 27.5 Å². The molecule has 0 aliphatic rings. The molecule has 0 saturated heterocycles. The van der Waals surface area contributed by atoms with Crippen LogP contribution in [0.5, 0.6) is 0 Å². The van der Waals surface area contributed by atoms with Crippen molar-refractivity contribution in [1.82, 2.24) is 4.31 Å². The third-order valence-electron chi connectivity index (χ3n) is 5.86. The number of hydrogen-bond donors (Lipinski definition) is 1. The molecule has 44 heavy (non-hydrogen) atoms. The van der Waals surface area contributed by atoms with Crippen LogP contribution in [0.25, 0.3) is 5.76 Å². The first kappa shape index (κ1) is 35.9. The van der Waals surface area contributed by atoms with E-state index >= 15 is 0 Å². The van der Waals surface area contributed by atoms with Gasteiger partial charge in [-0.2, -0.15) is 0 Å². The van der Waals surface area contributed by atoms with Crippen LogP contribution >= 0.6 is 0 Å². The van der Waals surface area contributed by atoms with Crippen molar-refractivity contribution in [1.29, 1.82) is 0 Å². The Morgan fingerprint density at radius 2 is 1.66 bits per heavy atom. The van der Waals surface area contributed by atoms with Crippen molar-refractivity contribution in [2.45, 2.75) is 26.9 Å². The van der Waals surface area contributed by atoms with E-state index in [0.717, 1.165) is 16.6 Å². The van der Waals surface area contributed by atoms with Crippen LogP contribution < -0.4 is 0 Å². The number of hydrogen-bond acceptors (Lipinski definition) is 9. The summed E-state index contributed by atoms with van der Waals surface area (Å²) < 4.78 is 60.8. The molecule has 238 valence electrons. The van der Waals surface area contributed by atoms with Crippen molar-refractivity contribution < 1.29 is 46.5 Å².